The molecule has 1 aliphatic rings. The molecule has 0 spiro atoms. The largest absolute Gasteiger partial charge is 0.465 e. The maximum absolute atomic E-state index is 12.5. The van der Waals surface area contributed by atoms with E-state index in [2.05, 4.69) is 22.7 Å². The maximum Gasteiger partial charge on any atom is 0.341 e. The van der Waals surface area contributed by atoms with Crippen molar-refractivity contribution >= 4 is 57.1 Å². The number of hydrogen-bond acceptors (Lipinski definition) is 5. The van der Waals surface area contributed by atoms with E-state index in [1.54, 1.807) is 11.3 Å². The lowest BCUT2D eigenvalue weighted by Gasteiger charge is -2.18. The van der Waals surface area contributed by atoms with Crippen molar-refractivity contribution in [1.29, 1.82) is 0 Å². The highest BCUT2D eigenvalue weighted by Gasteiger charge is 2.28. The third kappa shape index (κ3) is 4.98. The standard InChI is InChI=1S/C23H25ClN4O2S2/c1-13-4-9-17-18(10-13)32-21(20(17)22(29)30-3)26-23(31)25-19-11-14(2)28(27-19)12-15-5-7-16(24)8-6-15/h5-8,11,13H,4,9-10,12H2,1-3H3,(H2,25,26,27,31). The third-order valence-corrected chi connectivity index (χ3v) is 7.22. The molecule has 2 aromatic heterocycles. The number of ether oxygens (including phenoxy) is 1. The van der Waals surface area contributed by atoms with Crippen LogP contribution in [0.5, 0.6) is 0 Å². The van der Waals surface area contributed by atoms with Crippen LogP contribution >= 0.6 is 35.2 Å². The Kier molecular flexibility index (Phi) is 6.83. The van der Waals surface area contributed by atoms with Gasteiger partial charge in [0, 0.05) is 21.7 Å². The molecular weight excluding hydrogens is 464 g/mol. The Bertz CT molecular complexity index is 1150. The van der Waals surface area contributed by atoms with Crippen LogP contribution in [0.25, 0.3) is 0 Å². The molecule has 0 saturated heterocycles. The highest BCUT2D eigenvalue weighted by atomic mass is 35.5. The van der Waals surface area contributed by atoms with E-state index in [4.69, 9.17) is 28.6 Å². The molecule has 0 radical (unpaired) electrons. The molecule has 32 heavy (non-hydrogen) atoms. The van der Waals surface area contributed by atoms with Crippen molar-refractivity contribution < 1.29 is 9.53 Å². The number of halogens is 1. The Labute approximate surface area is 201 Å². The summed E-state index contributed by atoms with van der Waals surface area (Å²) in [6, 6.07) is 9.64. The van der Waals surface area contributed by atoms with E-state index in [9.17, 15) is 4.79 Å². The predicted molar refractivity (Wildman–Crippen MR) is 134 cm³/mol. The van der Waals surface area contributed by atoms with Gasteiger partial charge in [-0.25, -0.2) is 4.79 Å². The van der Waals surface area contributed by atoms with Gasteiger partial charge in [0.15, 0.2) is 10.9 Å². The number of thiophene rings is 1. The molecule has 1 aliphatic carbocycles. The number of nitrogens with one attached hydrogen (secondary N) is 2. The summed E-state index contributed by atoms with van der Waals surface area (Å²) in [5.74, 6) is 0.922. The fraction of sp³-hybridized carbons (Fsp3) is 0.348. The summed E-state index contributed by atoms with van der Waals surface area (Å²) in [6.45, 7) is 4.87. The number of aryl methyl sites for hydroxylation is 1. The molecule has 4 rings (SSSR count). The summed E-state index contributed by atoms with van der Waals surface area (Å²) in [5.41, 5.74) is 3.80. The lowest BCUT2D eigenvalue weighted by molar-refractivity contribution is 0.0601. The molecular formula is C23H25ClN4O2S2. The molecule has 0 saturated carbocycles. The van der Waals surface area contributed by atoms with Crippen LogP contribution in [0, 0.1) is 12.8 Å². The van der Waals surface area contributed by atoms with Crippen molar-refractivity contribution in [2.45, 2.75) is 39.7 Å². The second-order valence-corrected chi connectivity index (χ2v) is 10.0. The topological polar surface area (TPSA) is 68.2 Å². The van der Waals surface area contributed by atoms with Gasteiger partial charge in [-0.2, -0.15) is 5.10 Å². The smallest absolute Gasteiger partial charge is 0.341 e. The van der Waals surface area contributed by atoms with E-state index in [1.807, 2.05) is 41.9 Å². The van der Waals surface area contributed by atoms with Crippen LogP contribution in [-0.4, -0.2) is 28.0 Å². The lowest BCUT2D eigenvalue weighted by atomic mass is 9.88. The van der Waals surface area contributed by atoms with Gasteiger partial charge in [0.25, 0.3) is 0 Å². The second kappa shape index (κ2) is 9.60. The number of aromatic nitrogens is 2. The molecule has 9 heteroatoms. The number of carbonyl (C=O) groups excluding carboxylic acids is 1. The van der Waals surface area contributed by atoms with Crippen molar-refractivity contribution in [2.24, 2.45) is 5.92 Å². The van der Waals surface area contributed by atoms with Crippen molar-refractivity contribution in [3.8, 4) is 0 Å². The summed E-state index contributed by atoms with van der Waals surface area (Å²) >= 11 is 13.1. The lowest BCUT2D eigenvalue weighted by Crippen LogP contribution is -2.21. The number of nitrogens with zero attached hydrogens (tertiary/aromatic N) is 2. The van der Waals surface area contributed by atoms with Gasteiger partial charge in [-0.15, -0.1) is 11.3 Å². The quantitative estimate of drug-likeness (QED) is 0.356. The van der Waals surface area contributed by atoms with Crippen molar-refractivity contribution in [3.05, 3.63) is 62.6 Å². The van der Waals surface area contributed by atoms with Crippen LogP contribution in [0.15, 0.2) is 30.3 Å². The molecule has 0 bridgehead atoms. The van der Waals surface area contributed by atoms with E-state index in [0.717, 1.165) is 41.1 Å². The van der Waals surface area contributed by atoms with Crippen molar-refractivity contribution in [3.63, 3.8) is 0 Å². The molecule has 3 aromatic rings. The highest BCUT2D eigenvalue weighted by molar-refractivity contribution is 7.80. The molecule has 0 aliphatic heterocycles. The molecule has 6 nitrogen and oxygen atoms in total. The first-order chi connectivity index (χ1) is 15.3. The zero-order valence-corrected chi connectivity index (χ0v) is 20.6. The monoisotopic (exact) mass is 488 g/mol. The Hall–Kier alpha value is -2.42. The number of esters is 1. The van der Waals surface area contributed by atoms with Crippen LogP contribution in [0.4, 0.5) is 10.8 Å². The van der Waals surface area contributed by atoms with E-state index in [0.29, 0.717) is 34.0 Å². The minimum absolute atomic E-state index is 0.328. The predicted octanol–water partition coefficient (Wildman–Crippen LogP) is 5.68. The molecule has 0 fully saturated rings. The van der Waals surface area contributed by atoms with Crippen LogP contribution < -0.4 is 10.6 Å². The van der Waals surface area contributed by atoms with Gasteiger partial charge in [-0.05, 0) is 67.6 Å². The van der Waals surface area contributed by atoms with Crippen LogP contribution in [0.1, 0.15) is 45.4 Å². The number of fused-ring (bicyclic) bond motifs is 1. The van der Waals surface area contributed by atoms with Crippen LogP contribution in [0.3, 0.4) is 0 Å². The van der Waals surface area contributed by atoms with Gasteiger partial charge in [0.2, 0.25) is 0 Å². The number of thiocarbonyl (C=S) groups is 1. The first-order valence-electron chi connectivity index (χ1n) is 10.4. The van der Waals surface area contributed by atoms with E-state index in [1.165, 1.54) is 12.0 Å². The number of hydrogen-bond donors (Lipinski definition) is 2. The number of benzene rings is 1. The van der Waals surface area contributed by atoms with Crippen LogP contribution in [0.2, 0.25) is 5.02 Å². The van der Waals surface area contributed by atoms with Crippen molar-refractivity contribution in [1.82, 2.24) is 9.78 Å². The summed E-state index contributed by atoms with van der Waals surface area (Å²) < 4.78 is 6.95. The zero-order chi connectivity index (χ0) is 22.8. The number of carbonyl (C=O) groups is 1. The van der Waals surface area contributed by atoms with E-state index >= 15 is 0 Å². The Morgan fingerprint density at radius 3 is 2.81 bits per heavy atom. The highest BCUT2D eigenvalue weighted by Crippen LogP contribution is 2.40. The molecule has 2 N–H and O–H groups in total. The van der Waals surface area contributed by atoms with Gasteiger partial charge < -0.3 is 15.4 Å². The Morgan fingerprint density at radius 2 is 2.09 bits per heavy atom. The SMILES string of the molecule is COC(=O)c1c(NC(=S)Nc2cc(C)n(Cc3ccc(Cl)cc3)n2)sc2c1CCC(C)C2. The summed E-state index contributed by atoms with van der Waals surface area (Å²) in [6.07, 6.45) is 2.92. The number of methoxy groups -OCH3 is 1. The Morgan fingerprint density at radius 1 is 1.34 bits per heavy atom. The summed E-state index contributed by atoms with van der Waals surface area (Å²) in [7, 11) is 1.41. The Balaban J connectivity index is 1.48. The van der Waals surface area contributed by atoms with Gasteiger partial charge in [-0.3, -0.25) is 4.68 Å². The maximum atomic E-state index is 12.5. The fourth-order valence-corrected chi connectivity index (χ4v) is 5.70. The molecule has 1 aromatic carbocycles. The first-order valence-corrected chi connectivity index (χ1v) is 12.0. The summed E-state index contributed by atoms with van der Waals surface area (Å²) in [4.78, 5) is 13.7. The number of rotatable bonds is 5. The molecule has 2 heterocycles. The van der Waals surface area contributed by atoms with Gasteiger partial charge in [-0.1, -0.05) is 30.7 Å². The van der Waals surface area contributed by atoms with Gasteiger partial charge in [0.05, 0.1) is 19.2 Å². The third-order valence-electron chi connectivity index (χ3n) is 5.60. The molecule has 0 amide bonds. The van der Waals surface area contributed by atoms with Gasteiger partial charge in [0.1, 0.15) is 5.00 Å². The first kappa shape index (κ1) is 22.8. The minimum atomic E-state index is -0.328. The number of anilines is 2. The molecule has 168 valence electrons. The van der Waals surface area contributed by atoms with E-state index < -0.39 is 0 Å². The molecule has 1 unspecified atom stereocenters. The average molecular weight is 489 g/mol. The van der Waals surface area contributed by atoms with Crippen LogP contribution in [-0.2, 0) is 24.1 Å². The molecule has 1 atom stereocenters. The van der Waals surface area contributed by atoms with E-state index in [-0.39, 0.29) is 5.97 Å². The van der Waals surface area contributed by atoms with Crippen molar-refractivity contribution in [2.75, 3.05) is 17.7 Å². The van der Waals surface area contributed by atoms with Gasteiger partial charge >= 0.3 is 5.97 Å². The average Bonchev–Trinajstić information content (AvgIpc) is 3.27. The zero-order valence-electron chi connectivity index (χ0n) is 18.2. The fourth-order valence-electron chi connectivity index (χ4n) is 3.90. The normalized spacial score (nSPS) is 15.2. The summed E-state index contributed by atoms with van der Waals surface area (Å²) in [5, 5.41) is 12.8. The second-order valence-electron chi connectivity index (χ2n) is 8.08. The minimum Gasteiger partial charge on any atom is -0.465 e.